The number of rotatable bonds is 11. The molecule has 0 unspecified atom stereocenters. The van der Waals surface area contributed by atoms with E-state index < -0.39 is 71.3 Å². The number of alkyl carbamates (subject to hydrolysis) is 1. The number of guanidine groups is 1. The molecule has 2 atom stereocenters. The summed E-state index contributed by atoms with van der Waals surface area (Å²) in [6, 6.07) is 6.82. The van der Waals surface area contributed by atoms with Crippen molar-refractivity contribution in [3.05, 3.63) is 76.7 Å². The largest absolute Gasteiger partial charge is 0.447 e. The van der Waals surface area contributed by atoms with Crippen molar-refractivity contribution in [2.24, 2.45) is 5.41 Å². The molecule has 0 radical (unpaired) electrons. The average Bonchev–Trinajstić information content (AvgIpc) is 3.97. The lowest BCUT2D eigenvalue weighted by Crippen LogP contribution is -2.49. The molecule has 7 rings (SSSR count). The van der Waals surface area contributed by atoms with Crippen LogP contribution < -0.4 is 10.6 Å². The molecule has 3 N–H and O–H groups in total. The Morgan fingerprint density at radius 3 is 2.47 bits per heavy atom. The second-order valence-corrected chi connectivity index (χ2v) is 15.5. The summed E-state index contributed by atoms with van der Waals surface area (Å²) in [5.74, 6) is -2.98. The van der Waals surface area contributed by atoms with E-state index in [1.807, 2.05) is 26.1 Å². The van der Waals surface area contributed by atoms with Crippen molar-refractivity contribution in [3.63, 3.8) is 0 Å². The highest BCUT2D eigenvalue weighted by Crippen LogP contribution is 2.49. The Labute approximate surface area is 314 Å². The van der Waals surface area contributed by atoms with Gasteiger partial charge in [-0.1, -0.05) is 50.6 Å². The SMILES string of the molecule is CC(C)(C)C[C@]1(c2ccc(-c3cnn(C4CC4)n3)cc2F)NC(=N)N([C@H](COC(=O)NC2(C(F)(F)F)CC2)c2ccc(Cl)c(-n3ncnc3C(F)F)c2)C1=O. The number of benzene rings is 2. The Hall–Kier alpha value is -5.20. The summed E-state index contributed by atoms with van der Waals surface area (Å²) in [5, 5.41) is 26.3. The van der Waals surface area contributed by atoms with Crippen LogP contribution in [0.2, 0.25) is 5.02 Å². The first kappa shape index (κ1) is 38.1. The molecule has 13 nitrogen and oxygen atoms in total. The van der Waals surface area contributed by atoms with Gasteiger partial charge in [0.25, 0.3) is 12.3 Å². The Morgan fingerprint density at radius 1 is 1.13 bits per heavy atom. The summed E-state index contributed by atoms with van der Waals surface area (Å²) < 4.78 is 91.2. The van der Waals surface area contributed by atoms with Crippen LogP contribution in [0.15, 0.2) is 48.9 Å². The number of halogens is 7. The molecule has 2 aromatic heterocycles. The monoisotopic (exact) mass is 792 g/mol. The summed E-state index contributed by atoms with van der Waals surface area (Å²) in [4.78, 5) is 33.8. The van der Waals surface area contributed by atoms with E-state index in [9.17, 15) is 31.5 Å². The Morgan fingerprint density at radius 2 is 1.85 bits per heavy atom. The molecule has 2 saturated carbocycles. The third-order valence-electron chi connectivity index (χ3n) is 9.73. The van der Waals surface area contributed by atoms with Crippen molar-refractivity contribution >= 4 is 29.6 Å². The Bertz CT molecular complexity index is 2160. The van der Waals surface area contributed by atoms with Crippen molar-refractivity contribution < 1.29 is 40.7 Å². The third-order valence-corrected chi connectivity index (χ3v) is 10.0. The van der Waals surface area contributed by atoms with Gasteiger partial charge in [-0.25, -0.2) is 27.6 Å². The zero-order valence-electron chi connectivity index (χ0n) is 29.6. The van der Waals surface area contributed by atoms with Crippen LogP contribution in [-0.4, -0.2) is 70.9 Å². The van der Waals surface area contributed by atoms with Gasteiger partial charge in [0.05, 0.1) is 29.0 Å². The zero-order valence-corrected chi connectivity index (χ0v) is 30.4. The van der Waals surface area contributed by atoms with E-state index in [1.54, 1.807) is 10.9 Å². The zero-order chi connectivity index (χ0) is 39.7. The van der Waals surface area contributed by atoms with E-state index in [2.05, 4.69) is 25.6 Å². The molecule has 55 heavy (non-hydrogen) atoms. The molecule has 2 aromatic carbocycles. The first-order valence-corrected chi connectivity index (χ1v) is 17.6. The molecular formula is C35H35ClF6N10O3. The van der Waals surface area contributed by atoms with Gasteiger partial charge >= 0.3 is 12.3 Å². The molecule has 20 heteroatoms. The highest BCUT2D eigenvalue weighted by Gasteiger charge is 2.65. The average molecular weight is 793 g/mol. The summed E-state index contributed by atoms with van der Waals surface area (Å²) in [6.45, 7) is 4.60. The summed E-state index contributed by atoms with van der Waals surface area (Å²) in [7, 11) is 0. The van der Waals surface area contributed by atoms with Gasteiger partial charge in [0.2, 0.25) is 0 Å². The lowest BCUT2D eigenvalue weighted by Gasteiger charge is -2.35. The molecule has 2 amide bonds. The number of alkyl halides is 5. The first-order valence-electron chi connectivity index (χ1n) is 17.2. The van der Waals surface area contributed by atoms with E-state index in [-0.39, 0.29) is 47.1 Å². The lowest BCUT2D eigenvalue weighted by atomic mass is 9.75. The topological polar surface area (TPSA) is 156 Å². The molecule has 3 aliphatic rings. The van der Waals surface area contributed by atoms with E-state index in [4.69, 9.17) is 21.7 Å². The fourth-order valence-electron chi connectivity index (χ4n) is 6.82. The normalized spacial score (nSPS) is 20.2. The number of amides is 2. The molecular weight excluding hydrogens is 758 g/mol. The van der Waals surface area contributed by atoms with Gasteiger partial charge in [-0.2, -0.15) is 33.3 Å². The molecule has 3 heterocycles. The maximum Gasteiger partial charge on any atom is 0.411 e. The molecule has 3 fully saturated rings. The van der Waals surface area contributed by atoms with Crippen molar-refractivity contribution in [2.75, 3.05) is 6.61 Å². The number of nitrogens with zero attached hydrogens (tertiary/aromatic N) is 7. The summed E-state index contributed by atoms with van der Waals surface area (Å²) in [6.07, 6.45) is -5.80. The maximum atomic E-state index is 16.4. The molecule has 1 saturated heterocycles. The minimum atomic E-state index is -4.76. The van der Waals surface area contributed by atoms with Crippen molar-refractivity contribution in [1.29, 1.82) is 5.41 Å². The van der Waals surface area contributed by atoms with Crippen LogP contribution in [0.4, 0.5) is 31.1 Å². The van der Waals surface area contributed by atoms with Crippen LogP contribution in [0.3, 0.4) is 0 Å². The molecule has 292 valence electrons. The third kappa shape index (κ3) is 7.20. The predicted octanol–water partition coefficient (Wildman–Crippen LogP) is 7.15. The second-order valence-electron chi connectivity index (χ2n) is 15.1. The van der Waals surface area contributed by atoms with Gasteiger partial charge in [-0.3, -0.25) is 15.1 Å². The fraction of sp³-hybridized carbons (Fsp3) is 0.457. The van der Waals surface area contributed by atoms with E-state index >= 15 is 4.39 Å². The van der Waals surface area contributed by atoms with Crippen molar-refractivity contribution in [2.45, 2.75) is 88.6 Å². The molecule has 2 aliphatic carbocycles. The van der Waals surface area contributed by atoms with Crippen molar-refractivity contribution in [3.8, 4) is 16.9 Å². The van der Waals surface area contributed by atoms with Gasteiger partial charge in [0.1, 0.15) is 35.5 Å². The smallest absolute Gasteiger partial charge is 0.411 e. The molecule has 1 aliphatic heterocycles. The van der Waals surface area contributed by atoms with Gasteiger partial charge in [0.15, 0.2) is 11.8 Å². The van der Waals surface area contributed by atoms with Crippen LogP contribution in [0.5, 0.6) is 0 Å². The quantitative estimate of drug-likeness (QED) is 0.135. The minimum Gasteiger partial charge on any atom is -0.447 e. The van der Waals surface area contributed by atoms with Crippen LogP contribution in [0.1, 0.15) is 88.3 Å². The lowest BCUT2D eigenvalue weighted by molar-refractivity contribution is -0.164. The van der Waals surface area contributed by atoms with Crippen LogP contribution in [-0.2, 0) is 15.1 Å². The van der Waals surface area contributed by atoms with E-state index in [1.165, 1.54) is 36.5 Å². The number of ether oxygens (including phenoxy) is 1. The number of nitrogens with one attached hydrogen (secondary N) is 3. The van der Waals surface area contributed by atoms with Gasteiger partial charge < -0.3 is 15.4 Å². The van der Waals surface area contributed by atoms with Crippen LogP contribution in [0, 0.1) is 16.6 Å². The number of carbonyl (C=O) groups is 2. The van der Waals surface area contributed by atoms with Gasteiger partial charge in [-0.05, 0) is 61.3 Å². The number of aromatic nitrogens is 6. The van der Waals surface area contributed by atoms with Gasteiger partial charge in [0, 0.05) is 11.1 Å². The highest BCUT2D eigenvalue weighted by atomic mass is 35.5. The number of carbonyl (C=O) groups excluding carboxylic acids is 2. The minimum absolute atomic E-state index is 0.0564. The van der Waals surface area contributed by atoms with Crippen LogP contribution in [0.25, 0.3) is 16.9 Å². The standard InChI is InChI=1S/C35H35ClF6N10O3/c1-32(2,3)16-34(21-8-4-18(12-23(21)37)24-14-45-52(49-24)20-6-7-20)29(53)50(30(43)47-34)26(15-55-31(54)48-33(10-11-33)35(40,41)42)19-5-9-22(36)25(13-19)51-28(27(38)39)44-17-46-51/h4-5,8-9,12-14,17,20,26-27H,6-7,10-11,15-16H2,1-3H3,(H2,43,47)(H,48,54)/t26-,34-/m1/s1. The maximum absolute atomic E-state index is 16.4. The number of hydrogen-bond acceptors (Lipinski definition) is 8. The predicted molar refractivity (Wildman–Crippen MR) is 184 cm³/mol. The van der Waals surface area contributed by atoms with E-state index in [0.717, 1.165) is 28.8 Å². The Kier molecular flexibility index (Phi) is 9.37. The van der Waals surface area contributed by atoms with Gasteiger partial charge in [-0.15, -0.1) is 0 Å². The highest BCUT2D eigenvalue weighted by molar-refractivity contribution is 6.32. The molecule has 0 bridgehead atoms. The second kappa shape index (κ2) is 13.5. The molecule has 4 aromatic rings. The van der Waals surface area contributed by atoms with Crippen molar-refractivity contribution in [1.82, 2.24) is 45.3 Å². The number of hydrogen-bond donors (Lipinski definition) is 3. The fourth-order valence-corrected chi connectivity index (χ4v) is 7.02. The molecule has 0 spiro atoms. The Balaban J connectivity index is 1.28. The van der Waals surface area contributed by atoms with Crippen LogP contribution >= 0.6 is 11.6 Å². The van der Waals surface area contributed by atoms with E-state index in [0.29, 0.717) is 11.3 Å². The summed E-state index contributed by atoms with van der Waals surface area (Å²) >= 11 is 6.41. The first-order chi connectivity index (χ1) is 25.8. The summed E-state index contributed by atoms with van der Waals surface area (Å²) in [5.41, 5.74) is -4.43.